The van der Waals surface area contributed by atoms with Crippen LogP contribution in [-0.2, 0) is 4.74 Å². The predicted octanol–water partition coefficient (Wildman–Crippen LogP) is 3.76. The first kappa shape index (κ1) is 21.1. The molecule has 8 nitrogen and oxygen atoms in total. The smallest absolute Gasteiger partial charge is 0.272 e. The van der Waals surface area contributed by atoms with Crippen molar-refractivity contribution in [2.45, 2.75) is 6.92 Å². The molecule has 4 heterocycles. The van der Waals surface area contributed by atoms with Gasteiger partial charge in [-0.2, -0.15) is 10.4 Å². The van der Waals surface area contributed by atoms with E-state index in [0.29, 0.717) is 59.6 Å². The summed E-state index contributed by atoms with van der Waals surface area (Å²) in [6.07, 6.45) is 1.73. The number of morpholine rings is 1. The van der Waals surface area contributed by atoms with Gasteiger partial charge < -0.3 is 9.64 Å². The number of rotatable bonds is 3. The van der Waals surface area contributed by atoms with Gasteiger partial charge in [-0.15, -0.1) is 0 Å². The molecule has 1 fully saturated rings. The number of carbonyl (C=O) groups excluding carboxylic acids is 1. The molecule has 0 bridgehead atoms. The standard InChI is InChI=1S/C24H19ClN6O2/c1-15-11-18(13-20(25)27-15)21-22(17-4-2-3-16(12-17)14-26)29-31-6-5-19(28-23(21)31)24(32)30-7-9-33-10-8-30/h2-6,11-13H,7-10H2,1H3. The number of nitriles is 1. The molecular formula is C24H19ClN6O2. The Labute approximate surface area is 195 Å². The van der Waals surface area contributed by atoms with E-state index in [9.17, 15) is 10.1 Å². The maximum Gasteiger partial charge on any atom is 0.272 e. The lowest BCUT2D eigenvalue weighted by atomic mass is 10.00. The van der Waals surface area contributed by atoms with Crippen LogP contribution >= 0.6 is 11.6 Å². The van der Waals surface area contributed by atoms with E-state index in [1.807, 2.05) is 25.1 Å². The van der Waals surface area contributed by atoms with Crippen molar-refractivity contribution in [1.82, 2.24) is 24.5 Å². The van der Waals surface area contributed by atoms with Gasteiger partial charge in [0.2, 0.25) is 0 Å². The fourth-order valence-electron chi connectivity index (χ4n) is 3.95. The van der Waals surface area contributed by atoms with E-state index < -0.39 is 0 Å². The monoisotopic (exact) mass is 458 g/mol. The average Bonchev–Trinajstić information content (AvgIpc) is 3.22. The van der Waals surface area contributed by atoms with Crippen LogP contribution in [0, 0.1) is 18.3 Å². The van der Waals surface area contributed by atoms with Gasteiger partial charge in [0, 0.05) is 30.5 Å². The zero-order valence-corrected chi connectivity index (χ0v) is 18.6. The molecule has 3 aromatic heterocycles. The number of hydrogen-bond acceptors (Lipinski definition) is 6. The van der Waals surface area contributed by atoms with E-state index in [4.69, 9.17) is 26.4 Å². The molecular weight excluding hydrogens is 440 g/mol. The van der Waals surface area contributed by atoms with Crippen molar-refractivity contribution in [3.63, 3.8) is 0 Å². The first-order chi connectivity index (χ1) is 16.0. The minimum atomic E-state index is -0.148. The van der Waals surface area contributed by atoms with E-state index in [1.54, 1.807) is 39.9 Å². The Morgan fingerprint density at radius 2 is 1.94 bits per heavy atom. The molecule has 33 heavy (non-hydrogen) atoms. The number of nitrogens with zero attached hydrogens (tertiary/aromatic N) is 6. The number of fused-ring (bicyclic) bond motifs is 1. The van der Waals surface area contributed by atoms with Crippen molar-refractivity contribution >= 4 is 23.2 Å². The van der Waals surface area contributed by atoms with Crippen LogP contribution in [-0.4, -0.2) is 56.7 Å². The number of amides is 1. The zero-order valence-electron chi connectivity index (χ0n) is 17.8. The van der Waals surface area contributed by atoms with Crippen LogP contribution in [0.5, 0.6) is 0 Å². The summed E-state index contributed by atoms with van der Waals surface area (Å²) in [6, 6.07) is 14.7. The third-order valence-electron chi connectivity index (χ3n) is 5.48. The lowest BCUT2D eigenvalue weighted by Gasteiger charge is -2.26. The van der Waals surface area contributed by atoms with Gasteiger partial charge in [0.1, 0.15) is 16.5 Å². The first-order valence-corrected chi connectivity index (χ1v) is 10.8. The molecule has 4 aromatic rings. The highest BCUT2D eigenvalue weighted by molar-refractivity contribution is 6.29. The van der Waals surface area contributed by atoms with Crippen LogP contribution < -0.4 is 0 Å². The SMILES string of the molecule is Cc1cc(-c2c(-c3cccc(C#N)c3)nn3ccc(C(=O)N4CCOCC4)nc23)cc(Cl)n1. The Kier molecular flexibility index (Phi) is 5.50. The second-order valence-corrected chi connectivity index (χ2v) is 8.11. The largest absolute Gasteiger partial charge is 0.378 e. The highest BCUT2D eigenvalue weighted by Gasteiger charge is 2.23. The fraction of sp³-hybridized carbons (Fsp3) is 0.208. The normalized spacial score (nSPS) is 13.8. The molecule has 0 unspecified atom stereocenters. The van der Waals surface area contributed by atoms with E-state index in [2.05, 4.69) is 11.1 Å². The predicted molar refractivity (Wildman–Crippen MR) is 123 cm³/mol. The average molecular weight is 459 g/mol. The summed E-state index contributed by atoms with van der Waals surface area (Å²) in [7, 11) is 0. The molecule has 0 N–H and O–H groups in total. The summed E-state index contributed by atoms with van der Waals surface area (Å²) in [5, 5.41) is 14.5. The molecule has 1 aromatic carbocycles. The van der Waals surface area contributed by atoms with Crippen LogP contribution in [0.25, 0.3) is 28.0 Å². The summed E-state index contributed by atoms with van der Waals surface area (Å²) >= 11 is 6.27. The number of carbonyl (C=O) groups is 1. The molecule has 5 rings (SSSR count). The van der Waals surface area contributed by atoms with Gasteiger partial charge in [-0.05, 0) is 42.8 Å². The number of benzene rings is 1. The van der Waals surface area contributed by atoms with E-state index in [1.165, 1.54) is 0 Å². The molecule has 9 heteroatoms. The fourth-order valence-corrected chi connectivity index (χ4v) is 4.20. The van der Waals surface area contributed by atoms with Gasteiger partial charge >= 0.3 is 0 Å². The third kappa shape index (κ3) is 4.04. The molecule has 0 atom stereocenters. The number of halogens is 1. The highest BCUT2D eigenvalue weighted by Crippen LogP contribution is 2.36. The molecule has 1 saturated heterocycles. The van der Waals surface area contributed by atoms with Gasteiger partial charge in [0.25, 0.3) is 5.91 Å². The van der Waals surface area contributed by atoms with Crippen molar-refractivity contribution in [3.05, 3.63) is 70.8 Å². The Morgan fingerprint density at radius 1 is 1.12 bits per heavy atom. The van der Waals surface area contributed by atoms with Crippen LogP contribution in [0.4, 0.5) is 0 Å². The number of hydrogen-bond donors (Lipinski definition) is 0. The van der Waals surface area contributed by atoms with E-state index in [0.717, 1.165) is 16.8 Å². The van der Waals surface area contributed by atoms with Crippen molar-refractivity contribution in [3.8, 4) is 28.5 Å². The number of aryl methyl sites for hydroxylation is 1. The molecule has 164 valence electrons. The van der Waals surface area contributed by atoms with Crippen LogP contribution in [0.2, 0.25) is 5.15 Å². The molecule has 0 radical (unpaired) electrons. The van der Waals surface area contributed by atoms with Crippen molar-refractivity contribution in [2.75, 3.05) is 26.3 Å². The Balaban J connectivity index is 1.72. The topological polar surface area (TPSA) is 96.4 Å². The molecule has 1 amide bonds. The zero-order chi connectivity index (χ0) is 22.9. The van der Waals surface area contributed by atoms with Crippen molar-refractivity contribution in [2.24, 2.45) is 0 Å². The number of aromatic nitrogens is 4. The van der Waals surface area contributed by atoms with Crippen molar-refractivity contribution in [1.29, 1.82) is 5.26 Å². The third-order valence-corrected chi connectivity index (χ3v) is 5.67. The number of pyridine rings is 1. The van der Waals surface area contributed by atoms with Crippen LogP contribution in [0.3, 0.4) is 0 Å². The van der Waals surface area contributed by atoms with Crippen LogP contribution in [0.1, 0.15) is 21.7 Å². The molecule has 0 saturated carbocycles. The quantitative estimate of drug-likeness (QED) is 0.433. The van der Waals surface area contributed by atoms with Gasteiger partial charge in [-0.1, -0.05) is 23.7 Å². The minimum Gasteiger partial charge on any atom is -0.378 e. The maximum absolute atomic E-state index is 13.1. The van der Waals surface area contributed by atoms with Gasteiger partial charge in [0.15, 0.2) is 5.65 Å². The van der Waals surface area contributed by atoms with E-state index in [-0.39, 0.29) is 5.91 Å². The second-order valence-electron chi connectivity index (χ2n) is 7.72. The minimum absolute atomic E-state index is 0.148. The Morgan fingerprint density at radius 3 is 2.70 bits per heavy atom. The van der Waals surface area contributed by atoms with Gasteiger partial charge in [-0.25, -0.2) is 14.5 Å². The molecule has 1 aliphatic heterocycles. The summed E-state index contributed by atoms with van der Waals surface area (Å²) < 4.78 is 7.00. The number of ether oxygens (including phenoxy) is 1. The molecule has 0 spiro atoms. The molecule has 1 aliphatic rings. The van der Waals surface area contributed by atoms with Gasteiger partial charge in [0.05, 0.1) is 30.4 Å². The lowest BCUT2D eigenvalue weighted by molar-refractivity contribution is 0.0299. The Bertz CT molecular complexity index is 1400. The Hall–Kier alpha value is -3.80. The molecule has 0 aliphatic carbocycles. The lowest BCUT2D eigenvalue weighted by Crippen LogP contribution is -2.41. The summed E-state index contributed by atoms with van der Waals surface area (Å²) in [6.45, 7) is 3.95. The van der Waals surface area contributed by atoms with Crippen LogP contribution in [0.15, 0.2) is 48.7 Å². The summed E-state index contributed by atoms with van der Waals surface area (Å²) in [5.41, 5.74) is 5.02. The van der Waals surface area contributed by atoms with Crippen molar-refractivity contribution < 1.29 is 9.53 Å². The second kappa shape index (κ2) is 8.62. The maximum atomic E-state index is 13.1. The first-order valence-electron chi connectivity index (χ1n) is 10.4. The van der Waals surface area contributed by atoms with Gasteiger partial charge in [-0.3, -0.25) is 4.79 Å². The summed E-state index contributed by atoms with van der Waals surface area (Å²) in [4.78, 5) is 23.8. The van der Waals surface area contributed by atoms with E-state index >= 15 is 0 Å². The summed E-state index contributed by atoms with van der Waals surface area (Å²) in [5.74, 6) is -0.148. The highest BCUT2D eigenvalue weighted by atomic mass is 35.5.